The molecule has 11 heteroatoms. The Morgan fingerprint density at radius 1 is 1.00 bits per heavy atom. The van der Waals surface area contributed by atoms with Crippen LogP contribution in [0, 0.1) is 0 Å². The van der Waals surface area contributed by atoms with Gasteiger partial charge in [-0.2, -0.15) is 0 Å². The molecule has 4 rings (SSSR count). The van der Waals surface area contributed by atoms with Gasteiger partial charge in [-0.1, -0.05) is 6.92 Å². The van der Waals surface area contributed by atoms with Crippen LogP contribution in [0.3, 0.4) is 0 Å². The summed E-state index contributed by atoms with van der Waals surface area (Å²) in [5, 5.41) is 0. The first kappa shape index (κ1) is 23.4. The zero-order chi connectivity index (χ0) is 21.3. The topological polar surface area (TPSA) is 68.5 Å². The molecule has 0 N–H and O–H groups in total. The molecule has 0 aromatic carbocycles. The van der Waals surface area contributed by atoms with E-state index in [-0.39, 0.29) is 12.7 Å². The first-order chi connectivity index (χ1) is 14.4. The van der Waals surface area contributed by atoms with Crippen LogP contribution in [0.25, 0.3) is 0 Å². The van der Waals surface area contributed by atoms with Crippen LogP contribution in [0.4, 0.5) is 0 Å². The average Bonchev–Trinajstić information content (AvgIpc) is 3.42. The summed E-state index contributed by atoms with van der Waals surface area (Å²) in [7, 11) is 0. The van der Waals surface area contributed by atoms with Crippen LogP contribution in [0.2, 0.25) is 0 Å². The molecule has 0 amide bonds. The Morgan fingerprint density at radius 3 is 2.47 bits per heavy atom. The average molecular weight is 506 g/mol. The number of fused-ring (bicyclic) bond motifs is 1. The van der Waals surface area contributed by atoms with Crippen molar-refractivity contribution in [3.63, 3.8) is 0 Å². The third kappa shape index (κ3) is 5.57. The van der Waals surface area contributed by atoms with Gasteiger partial charge in [-0.25, -0.2) is 0 Å². The Bertz CT molecular complexity index is 688. The molecule has 0 radical (unpaired) electrons. The predicted molar refractivity (Wildman–Crippen MR) is 110 cm³/mol. The zero-order valence-corrected chi connectivity index (χ0v) is 19.3. The monoisotopic (exact) mass is 504 g/mol. The van der Waals surface area contributed by atoms with Crippen LogP contribution in [0.1, 0.15) is 31.1 Å². The van der Waals surface area contributed by atoms with Crippen LogP contribution >= 0.6 is 46.4 Å². The summed E-state index contributed by atoms with van der Waals surface area (Å²) in [6.07, 6.45) is -0.135. The smallest absolute Gasteiger partial charge is 0.190 e. The SMILES string of the molecule is CCc1coc(CO[C@@H]2[C@H]3OC(CC(Cl)Cl)O[C@H]3O[C@@H]2[C@H]2COC(CC(Cl)Cl)O2)c1. The molecular formula is C19H24Cl4O7. The summed E-state index contributed by atoms with van der Waals surface area (Å²) in [5.74, 6) is 0.722. The standard InChI is InChI=1S/C19H24Cl4O7/c1-2-9-3-10(24-6-9)7-26-17-16(11-8-25-14(27-11)4-12(20)21)30-19-18(17)28-15(29-19)5-13(22)23/h3,6,11-19H,2,4-5,7-8H2,1H3/t11-,14?,15?,16-,17+,18-,19+/m1/s1. The second kappa shape index (κ2) is 10.4. The first-order valence-electron chi connectivity index (χ1n) is 9.90. The molecule has 3 saturated heterocycles. The molecule has 1 aromatic rings. The summed E-state index contributed by atoms with van der Waals surface area (Å²) in [4.78, 5) is -1.19. The van der Waals surface area contributed by atoms with Crippen LogP contribution in [-0.4, -0.2) is 59.6 Å². The fourth-order valence-electron chi connectivity index (χ4n) is 3.79. The lowest BCUT2D eigenvalue weighted by Gasteiger charge is -2.26. The van der Waals surface area contributed by atoms with Gasteiger partial charge in [-0.3, -0.25) is 0 Å². The quantitative estimate of drug-likeness (QED) is 0.463. The fourth-order valence-corrected chi connectivity index (χ4v) is 4.37. The molecule has 170 valence electrons. The predicted octanol–water partition coefficient (Wildman–Crippen LogP) is 4.32. The number of aryl methyl sites for hydroxylation is 1. The summed E-state index contributed by atoms with van der Waals surface area (Å²) < 4.78 is 41.3. The van der Waals surface area contributed by atoms with Gasteiger partial charge in [0.05, 0.1) is 12.9 Å². The maximum atomic E-state index is 6.18. The summed E-state index contributed by atoms with van der Waals surface area (Å²) in [6, 6.07) is 1.97. The van der Waals surface area contributed by atoms with E-state index in [0.717, 1.165) is 17.7 Å². The van der Waals surface area contributed by atoms with Crippen molar-refractivity contribution >= 4 is 46.4 Å². The molecule has 4 heterocycles. The highest BCUT2D eigenvalue weighted by Gasteiger charge is 2.56. The number of ether oxygens (including phenoxy) is 6. The lowest BCUT2D eigenvalue weighted by Crippen LogP contribution is -2.43. The van der Waals surface area contributed by atoms with Gasteiger partial charge in [0.25, 0.3) is 0 Å². The Labute approximate surface area is 195 Å². The molecule has 7 nitrogen and oxygen atoms in total. The van der Waals surface area contributed by atoms with Crippen LogP contribution in [0.5, 0.6) is 0 Å². The van der Waals surface area contributed by atoms with Crippen molar-refractivity contribution in [3.05, 3.63) is 23.7 Å². The minimum Gasteiger partial charge on any atom is -0.467 e. The van der Waals surface area contributed by atoms with Crippen LogP contribution in [-0.2, 0) is 41.4 Å². The number of hydrogen-bond acceptors (Lipinski definition) is 7. The highest BCUT2D eigenvalue weighted by molar-refractivity contribution is 6.44. The Kier molecular flexibility index (Phi) is 8.12. The van der Waals surface area contributed by atoms with E-state index in [9.17, 15) is 0 Å². The Hall–Kier alpha value is 0.200. The van der Waals surface area contributed by atoms with Crippen molar-refractivity contribution in [1.29, 1.82) is 0 Å². The third-order valence-electron chi connectivity index (χ3n) is 5.22. The molecule has 3 fully saturated rings. The zero-order valence-electron chi connectivity index (χ0n) is 16.3. The van der Waals surface area contributed by atoms with Crippen LogP contribution < -0.4 is 0 Å². The van der Waals surface area contributed by atoms with Crippen molar-refractivity contribution in [1.82, 2.24) is 0 Å². The van der Waals surface area contributed by atoms with Gasteiger partial charge >= 0.3 is 0 Å². The number of furan rings is 1. The van der Waals surface area contributed by atoms with Crippen LogP contribution in [0.15, 0.2) is 16.7 Å². The van der Waals surface area contributed by atoms with Gasteiger partial charge in [0.15, 0.2) is 18.9 Å². The van der Waals surface area contributed by atoms with E-state index in [4.69, 9.17) is 79.2 Å². The highest BCUT2D eigenvalue weighted by Crippen LogP contribution is 2.39. The largest absolute Gasteiger partial charge is 0.467 e. The number of halogens is 4. The van der Waals surface area contributed by atoms with E-state index in [1.807, 2.05) is 6.07 Å². The van der Waals surface area contributed by atoms with Crippen molar-refractivity contribution in [2.75, 3.05) is 6.61 Å². The molecule has 7 atom stereocenters. The maximum Gasteiger partial charge on any atom is 0.190 e. The van der Waals surface area contributed by atoms with E-state index in [0.29, 0.717) is 19.4 Å². The molecule has 30 heavy (non-hydrogen) atoms. The van der Waals surface area contributed by atoms with E-state index in [1.165, 1.54) is 0 Å². The number of rotatable bonds is 9. The third-order valence-corrected chi connectivity index (χ3v) is 5.93. The normalized spacial score (nSPS) is 36.3. The van der Waals surface area contributed by atoms with Gasteiger partial charge in [0, 0.05) is 12.8 Å². The number of hydrogen-bond donors (Lipinski definition) is 0. The fraction of sp³-hybridized carbons (Fsp3) is 0.789. The van der Waals surface area contributed by atoms with Gasteiger partial charge < -0.3 is 32.8 Å². The molecule has 3 aliphatic rings. The van der Waals surface area contributed by atoms with Gasteiger partial charge in [-0.05, 0) is 18.1 Å². The molecule has 2 unspecified atom stereocenters. The lowest BCUT2D eigenvalue weighted by atomic mass is 10.1. The Balaban J connectivity index is 1.42. The molecule has 0 saturated carbocycles. The van der Waals surface area contributed by atoms with Gasteiger partial charge in [-0.15, -0.1) is 46.4 Å². The molecular weight excluding hydrogens is 482 g/mol. The van der Waals surface area contributed by atoms with E-state index < -0.39 is 46.9 Å². The minimum atomic E-state index is -0.615. The number of alkyl halides is 4. The maximum absolute atomic E-state index is 6.18. The van der Waals surface area contributed by atoms with Gasteiger partial charge in [0.1, 0.15) is 46.5 Å². The Morgan fingerprint density at radius 2 is 1.77 bits per heavy atom. The summed E-state index contributed by atoms with van der Waals surface area (Å²) in [6.45, 7) is 2.65. The molecule has 0 bridgehead atoms. The minimum absolute atomic E-state index is 0.262. The molecule has 0 aliphatic carbocycles. The highest BCUT2D eigenvalue weighted by atomic mass is 35.5. The van der Waals surface area contributed by atoms with Crippen molar-refractivity contribution in [2.45, 2.75) is 85.8 Å². The first-order valence-corrected chi connectivity index (χ1v) is 11.6. The summed E-state index contributed by atoms with van der Waals surface area (Å²) >= 11 is 23.4. The van der Waals surface area contributed by atoms with Crippen molar-refractivity contribution < 1.29 is 32.8 Å². The van der Waals surface area contributed by atoms with Crippen molar-refractivity contribution in [2.24, 2.45) is 0 Å². The van der Waals surface area contributed by atoms with Gasteiger partial charge in [0.2, 0.25) is 0 Å². The molecule has 1 aromatic heterocycles. The van der Waals surface area contributed by atoms with E-state index in [2.05, 4.69) is 6.92 Å². The second-order valence-corrected chi connectivity index (χ2v) is 9.93. The molecule has 0 spiro atoms. The summed E-state index contributed by atoms with van der Waals surface area (Å²) in [5.41, 5.74) is 1.11. The van der Waals surface area contributed by atoms with E-state index >= 15 is 0 Å². The van der Waals surface area contributed by atoms with Crippen molar-refractivity contribution in [3.8, 4) is 0 Å². The van der Waals surface area contributed by atoms with E-state index in [1.54, 1.807) is 6.26 Å². The molecule has 3 aliphatic heterocycles. The second-order valence-electron chi connectivity index (χ2n) is 7.38. The lowest BCUT2D eigenvalue weighted by molar-refractivity contribution is -0.198.